The number of hydrogen-bond acceptors (Lipinski definition) is 4. The number of nitrogens with zero attached hydrogens (tertiary/aromatic N) is 3. The standard InChI is InChI=1S/C14H15N3O/c1-10(18)9-17(2)14-11(7-15)8-16-13-6-4-3-5-12(13)14/h3-6,8,10,18H,9H2,1-2H3. The van der Waals surface area contributed by atoms with Gasteiger partial charge in [-0.05, 0) is 13.0 Å². The molecule has 0 aliphatic heterocycles. The van der Waals surface area contributed by atoms with E-state index in [9.17, 15) is 10.4 Å². The summed E-state index contributed by atoms with van der Waals surface area (Å²) in [5.74, 6) is 0. The molecule has 0 aliphatic carbocycles. The molecule has 0 saturated heterocycles. The molecule has 1 aromatic carbocycles. The van der Waals surface area contributed by atoms with Crippen LogP contribution in [-0.4, -0.2) is 29.8 Å². The van der Waals surface area contributed by atoms with Crippen molar-refractivity contribution >= 4 is 16.6 Å². The quantitative estimate of drug-likeness (QED) is 0.892. The summed E-state index contributed by atoms with van der Waals surface area (Å²) in [5, 5.41) is 19.6. The largest absolute Gasteiger partial charge is 0.392 e. The van der Waals surface area contributed by atoms with E-state index in [1.54, 1.807) is 13.1 Å². The van der Waals surface area contributed by atoms with E-state index < -0.39 is 6.10 Å². The van der Waals surface area contributed by atoms with Crippen molar-refractivity contribution in [3.8, 4) is 6.07 Å². The third kappa shape index (κ3) is 2.27. The number of likely N-dealkylation sites (N-methyl/N-ethyl adjacent to an activating group) is 1. The van der Waals surface area contributed by atoms with E-state index >= 15 is 0 Å². The molecule has 2 rings (SSSR count). The summed E-state index contributed by atoms with van der Waals surface area (Å²) in [6.45, 7) is 2.20. The van der Waals surface area contributed by atoms with Crippen LogP contribution >= 0.6 is 0 Å². The van der Waals surface area contributed by atoms with Crippen molar-refractivity contribution in [3.63, 3.8) is 0 Å². The number of benzene rings is 1. The summed E-state index contributed by atoms with van der Waals surface area (Å²) in [7, 11) is 1.87. The van der Waals surface area contributed by atoms with Crippen LogP contribution in [0.15, 0.2) is 30.5 Å². The molecule has 0 saturated carbocycles. The molecule has 4 heteroatoms. The van der Waals surface area contributed by atoms with Gasteiger partial charge in [0.05, 0.1) is 22.9 Å². The summed E-state index contributed by atoms with van der Waals surface area (Å²) >= 11 is 0. The number of rotatable bonds is 3. The van der Waals surface area contributed by atoms with Gasteiger partial charge in [-0.1, -0.05) is 18.2 Å². The molecule has 0 fully saturated rings. The van der Waals surface area contributed by atoms with Crippen molar-refractivity contribution in [2.24, 2.45) is 0 Å². The van der Waals surface area contributed by atoms with E-state index in [4.69, 9.17) is 0 Å². The van der Waals surface area contributed by atoms with Gasteiger partial charge in [-0.3, -0.25) is 4.98 Å². The molecular weight excluding hydrogens is 226 g/mol. The minimum atomic E-state index is -0.450. The van der Waals surface area contributed by atoms with Gasteiger partial charge in [0, 0.05) is 25.2 Å². The number of nitriles is 1. The monoisotopic (exact) mass is 241 g/mol. The minimum Gasteiger partial charge on any atom is -0.392 e. The van der Waals surface area contributed by atoms with E-state index in [0.717, 1.165) is 16.6 Å². The van der Waals surface area contributed by atoms with E-state index in [1.165, 1.54) is 0 Å². The smallest absolute Gasteiger partial charge is 0.103 e. The maximum absolute atomic E-state index is 9.48. The van der Waals surface area contributed by atoms with Gasteiger partial charge < -0.3 is 10.0 Å². The molecule has 2 aromatic rings. The third-order valence-corrected chi connectivity index (χ3v) is 2.79. The Morgan fingerprint density at radius 1 is 1.44 bits per heavy atom. The van der Waals surface area contributed by atoms with Gasteiger partial charge in [0.2, 0.25) is 0 Å². The van der Waals surface area contributed by atoms with Crippen LogP contribution in [0.25, 0.3) is 10.9 Å². The number of aliphatic hydroxyl groups excluding tert-OH is 1. The van der Waals surface area contributed by atoms with Crippen molar-refractivity contribution in [3.05, 3.63) is 36.0 Å². The van der Waals surface area contributed by atoms with Crippen LogP contribution in [-0.2, 0) is 0 Å². The zero-order valence-electron chi connectivity index (χ0n) is 10.5. The van der Waals surface area contributed by atoms with Crippen LogP contribution in [0.4, 0.5) is 5.69 Å². The maximum atomic E-state index is 9.48. The third-order valence-electron chi connectivity index (χ3n) is 2.79. The Hall–Kier alpha value is -2.12. The van der Waals surface area contributed by atoms with E-state index in [-0.39, 0.29) is 0 Å². The predicted molar refractivity (Wildman–Crippen MR) is 71.4 cm³/mol. The number of aliphatic hydroxyl groups is 1. The van der Waals surface area contributed by atoms with Crippen molar-refractivity contribution in [2.75, 3.05) is 18.5 Å². The first kappa shape index (κ1) is 12.3. The second-order valence-electron chi connectivity index (χ2n) is 4.38. The molecule has 0 amide bonds. The number of pyridine rings is 1. The van der Waals surface area contributed by atoms with Crippen molar-refractivity contribution in [1.82, 2.24) is 4.98 Å². The topological polar surface area (TPSA) is 60.1 Å². The lowest BCUT2D eigenvalue weighted by molar-refractivity contribution is 0.201. The van der Waals surface area contributed by atoms with Gasteiger partial charge >= 0.3 is 0 Å². The Morgan fingerprint density at radius 3 is 2.83 bits per heavy atom. The predicted octanol–water partition coefficient (Wildman–Crippen LogP) is 1.92. The van der Waals surface area contributed by atoms with Crippen LogP contribution in [0.3, 0.4) is 0 Å². The molecule has 1 heterocycles. The first-order chi connectivity index (χ1) is 8.63. The Bertz CT molecular complexity index is 602. The number of aromatic nitrogens is 1. The van der Waals surface area contributed by atoms with Crippen molar-refractivity contribution in [1.29, 1.82) is 5.26 Å². The van der Waals surface area contributed by atoms with E-state index in [0.29, 0.717) is 12.1 Å². The Labute approximate surface area is 106 Å². The lowest BCUT2D eigenvalue weighted by Crippen LogP contribution is -2.27. The zero-order valence-corrected chi connectivity index (χ0v) is 10.5. The van der Waals surface area contributed by atoms with Gasteiger partial charge in [0.15, 0.2) is 0 Å². The molecule has 0 spiro atoms. The molecule has 1 unspecified atom stereocenters. The highest BCUT2D eigenvalue weighted by Gasteiger charge is 2.13. The number of hydrogen-bond donors (Lipinski definition) is 1. The first-order valence-electron chi connectivity index (χ1n) is 5.80. The Kier molecular flexibility index (Phi) is 3.45. The fourth-order valence-corrected chi connectivity index (χ4v) is 2.11. The van der Waals surface area contributed by atoms with Crippen LogP contribution in [0.1, 0.15) is 12.5 Å². The summed E-state index contributed by atoms with van der Waals surface area (Å²) in [5.41, 5.74) is 2.20. The Morgan fingerprint density at radius 2 is 2.17 bits per heavy atom. The van der Waals surface area contributed by atoms with Crippen molar-refractivity contribution < 1.29 is 5.11 Å². The summed E-state index contributed by atoms with van der Waals surface area (Å²) in [6, 6.07) is 9.85. The SMILES string of the molecule is CC(O)CN(C)c1c(C#N)cnc2ccccc12. The molecule has 4 nitrogen and oxygen atoms in total. The fraction of sp³-hybridized carbons (Fsp3) is 0.286. The summed E-state index contributed by atoms with van der Waals surface area (Å²) in [4.78, 5) is 6.16. The Balaban J connectivity index is 2.62. The summed E-state index contributed by atoms with van der Waals surface area (Å²) < 4.78 is 0. The summed E-state index contributed by atoms with van der Waals surface area (Å²) in [6.07, 6.45) is 1.13. The normalized spacial score (nSPS) is 12.1. The molecule has 0 radical (unpaired) electrons. The minimum absolute atomic E-state index is 0.450. The molecule has 0 bridgehead atoms. The lowest BCUT2D eigenvalue weighted by Gasteiger charge is -2.23. The van der Waals surface area contributed by atoms with Crippen LogP contribution < -0.4 is 4.90 Å². The fourth-order valence-electron chi connectivity index (χ4n) is 2.11. The van der Waals surface area contributed by atoms with Crippen LogP contribution in [0.2, 0.25) is 0 Å². The van der Waals surface area contributed by atoms with Gasteiger partial charge in [0.25, 0.3) is 0 Å². The maximum Gasteiger partial charge on any atom is 0.103 e. The molecule has 1 atom stereocenters. The first-order valence-corrected chi connectivity index (χ1v) is 5.80. The van der Waals surface area contributed by atoms with Gasteiger partial charge in [-0.2, -0.15) is 5.26 Å². The molecule has 1 N–H and O–H groups in total. The molecular formula is C14H15N3O. The van der Waals surface area contributed by atoms with E-state index in [2.05, 4.69) is 11.1 Å². The molecule has 92 valence electrons. The number of fused-ring (bicyclic) bond motifs is 1. The lowest BCUT2D eigenvalue weighted by atomic mass is 10.1. The average molecular weight is 241 g/mol. The molecule has 1 aromatic heterocycles. The highest BCUT2D eigenvalue weighted by Crippen LogP contribution is 2.28. The number of para-hydroxylation sites is 1. The van der Waals surface area contributed by atoms with Crippen molar-refractivity contribution in [2.45, 2.75) is 13.0 Å². The zero-order chi connectivity index (χ0) is 13.1. The average Bonchev–Trinajstić information content (AvgIpc) is 2.36. The second kappa shape index (κ2) is 5.03. The highest BCUT2D eigenvalue weighted by atomic mass is 16.3. The number of anilines is 1. The second-order valence-corrected chi connectivity index (χ2v) is 4.38. The van der Waals surface area contributed by atoms with Gasteiger partial charge in [-0.25, -0.2) is 0 Å². The van der Waals surface area contributed by atoms with Crippen LogP contribution in [0, 0.1) is 11.3 Å². The van der Waals surface area contributed by atoms with Crippen LogP contribution in [0.5, 0.6) is 0 Å². The highest BCUT2D eigenvalue weighted by molar-refractivity contribution is 5.94. The molecule has 18 heavy (non-hydrogen) atoms. The van der Waals surface area contributed by atoms with Gasteiger partial charge in [0.1, 0.15) is 6.07 Å². The van der Waals surface area contributed by atoms with E-state index in [1.807, 2.05) is 36.2 Å². The van der Waals surface area contributed by atoms with Gasteiger partial charge in [-0.15, -0.1) is 0 Å². The molecule has 0 aliphatic rings.